The number of rotatable bonds is 6. The molecule has 0 saturated heterocycles. The first-order valence-electron chi connectivity index (χ1n) is 6.62. The topological polar surface area (TPSA) is 39.9 Å². The molecule has 0 N–H and O–H groups in total. The van der Waals surface area contributed by atoms with Gasteiger partial charge in [-0.05, 0) is 24.6 Å². The van der Waals surface area contributed by atoms with Crippen molar-refractivity contribution in [2.45, 2.75) is 30.1 Å². The lowest BCUT2D eigenvalue weighted by Gasteiger charge is -2.13. The molecule has 0 aliphatic carbocycles. The van der Waals surface area contributed by atoms with Crippen molar-refractivity contribution in [2.75, 3.05) is 13.7 Å². The Morgan fingerprint density at radius 3 is 2.55 bits per heavy atom. The molecule has 0 amide bonds. The zero-order valence-corrected chi connectivity index (χ0v) is 13.0. The quantitative estimate of drug-likeness (QED) is 0.755. The highest BCUT2D eigenvalue weighted by atomic mass is 32.2. The van der Waals surface area contributed by atoms with Crippen molar-refractivity contribution in [3.8, 4) is 0 Å². The summed E-state index contributed by atoms with van der Waals surface area (Å²) >= 11 is 1.45. The van der Waals surface area contributed by atoms with E-state index >= 15 is 0 Å². The Morgan fingerprint density at radius 1 is 1.27 bits per heavy atom. The predicted molar refractivity (Wildman–Crippen MR) is 77.6 cm³/mol. The number of ether oxygens (including phenoxy) is 1. The van der Waals surface area contributed by atoms with Crippen LogP contribution >= 0.6 is 11.8 Å². The van der Waals surface area contributed by atoms with Gasteiger partial charge in [-0.15, -0.1) is 10.2 Å². The van der Waals surface area contributed by atoms with Gasteiger partial charge in [-0.25, -0.2) is 0 Å². The Hall–Kier alpha value is -1.54. The van der Waals surface area contributed by atoms with Crippen LogP contribution in [0.2, 0.25) is 0 Å². The number of aromatic nitrogens is 3. The van der Waals surface area contributed by atoms with Gasteiger partial charge < -0.3 is 9.30 Å². The van der Waals surface area contributed by atoms with Gasteiger partial charge in [-0.2, -0.15) is 13.2 Å². The minimum absolute atomic E-state index is 0.0345. The third kappa shape index (κ3) is 4.23. The van der Waals surface area contributed by atoms with Crippen LogP contribution in [-0.2, 0) is 17.5 Å². The molecule has 22 heavy (non-hydrogen) atoms. The Morgan fingerprint density at radius 2 is 1.95 bits per heavy atom. The van der Waals surface area contributed by atoms with Gasteiger partial charge in [0.15, 0.2) is 5.16 Å². The summed E-state index contributed by atoms with van der Waals surface area (Å²) in [6.45, 7) is 3.09. The van der Waals surface area contributed by atoms with Crippen molar-refractivity contribution >= 4 is 11.8 Å². The molecule has 0 aliphatic rings. The van der Waals surface area contributed by atoms with Crippen LogP contribution in [0.1, 0.15) is 23.3 Å². The molecule has 2 rings (SSSR count). The normalized spacial score (nSPS) is 13.3. The lowest BCUT2D eigenvalue weighted by molar-refractivity contribution is -0.137. The minimum Gasteiger partial charge on any atom is -0.383 e. The molecule has 2 aromatic rings. The molecule has 1 atom stereocenters. The summed E-state index contributed by atoms with van der Waals surface area (Å²) in [7, 11) is 1.61. The second kappa shape index (κ2) is 7.15. The van der Waals surface area contributed by atoms with Crippen molar-refractivity contribution < 1.29 is 17.9 Å². The summed E-state index contributed by atoms with van der Waals surface area (Å²) in [5.74, 6) is 0. The van der Waals surface area contributed by atoms with Gasteiger partial charge in [-0.3, -0.25) is 0 Å². The van der Waals surface area contributed by atoms with Crippen molar-refractivity contribution in [1.29, 1.82) is 0 Å². The van der Waals surface area contributed by atoms with Crippen molar-refractivity contribution in [1.82, 2.24) is 14.8 Å². The average molecular weight is 331 g/mol. The zero-order valence-electron chi connectivity index (χ0n) is 12.2. The highest BCUT2D eigenvalue weighted by Gasteiger charge is 2.30. The Labute approximate surface area is 130 Å². The van der Waals surface area contributed by atoms with Gasteiger partial charge >= 0.3 is 6.18 Å². The maximum Gasteiger partial charge on any atom is 0.416 e. The summed E-state index contributed by atoms with van der Waals surface area (Å²) in [4.78, 5) is 0. The lowest BCUT2D eigenvalue weighted by atomic mass is 10.1. The van der Waals surface area contributed by atoms with Crippen LogP contribution in [0.3, 0.4) is 0 Å². The summed E-state index contributed by atoms with van der Waals surface area (Å²) in [5.41, 5.74) is 0.163. The number of alkyl halides is 3. The van der Waals surface area contributed by atoms with Crippen LogP contribution in [0.15, 0.2) is 35.7 Å². The molecule has 4 nitrogen and oxygen atoms in total. The monoisotopic (exact) mass is 331 g/mol. The molecule has 1 aromatic heterocycles. The summed E-state index contributed by atoms with van der Waals surface area (Å²) in [5, 5.41) is 8.57. The van der Waals surface area contributed by atoms with Gasteiger partial charge in [0.1, 0.15) is 6.33 Å². The van der Waals surface area contributed by atoms with E-state index in [-0.39, 0.29) is 5.25 Å². The Balaban J connectivity index is 2.06. The third-order valence-corrected chi connectivity index (χ3v) is 4.26. The Bertz CT molecular complexity index is 598. The van der Waals surface area contributed by atoms with E-state index in [0.29, 0.717) is 18.3 Å². The molecular weight excluding hydrogens is 315 g/mol. The first-order valence-corrected chi connectivity index (χ1v) is 7.50. The summed E-state index contributed by atoms with van der Waals surface area (Å²) in [6, 6.07) is 5.19. The smallest absolute Gasteiger partial charge is 0.383 e. The van der Waals surface area contributed by atoms with E-state index in [4.69, 9.17) is 4.74 Å². The van der Waals surface area contributed by atoms with Crippen LogP contribution < -0.4 is 0 Å². The van der Waals surface area contributed by atoms with Crippen molar-refractivity contribution in [2.24, 2.45) is 0 Å². The van der Waals surface area contributed by atoms with Gasteiger partial charge in [0.05, 0.1) is 12.2 Å². The van der Waals surface area contributed by atoms with E-state index in [0.717, 1.165) is 17.7 Å². The van der Waals surface area contributed by atoms with Crippen LogP contribution in [0.4, 0.5) is 13.2 Å². The second-order valence-corrected chi connectivity index (χ2v) is 5.99. The van der Waals surface area contributed by atoms with E-state index < -0.39 is 11.7 Å². The molecular formula is C14H16F3N3OS. The van der Waals surface area contributed by atoms with Crippen LogP contribution in [0, 0.1) is 0 Å². The maximum atomic E-state index is 12.6. The molecule has 0 fully saturated rings. The lowest BCUT2D eigenvalue weighted by Crippen LogP contribution is -2.06. The molecule has 0 bridgehead atoms. The number of nitrogens with zero attached hydrogens (tertiary/aromatic N) is 3. The van der Waals surface area contributed by atoms with Gasteiger partial charge in [0.2, 0.25) is 0 Å². The zero-order chi connectivity index (χ0) is 16.2. The highest BCUT2D eigenvalue weighted by molar-refractivity contribution is 7.99. The third-order valence-electron chi connectivity index (χ3n) is 3.11. The van der Waals surface area contributed by atoms with E-state index in [9.17, 15) is 13.2 Å². The molecule has 0 spiro atoms. The predicted octanol–water partition coefficient (Wildman–Crippen LogP) is 3.80. The van der Waals surface area contributed by atoms with Crippen molar-refractivity contribution in [3.05, 3.63) is 41.7 Å². The SMILES string of the molecule is COCCn1cnnc1SC(C)c1ccc(C(F)(F)F)cc1. The largest absolute Gasteiger partial charge is 0.416 e. The minimum atomic E-state index is -4.31. The van der Waals surface area contributed by atoms with Crippen molar-refractivity contribution in [3.63, 3.8) is 0 Å². The first kappa shape index (κ1) is 16.8. The molecule has 120 valence electrons. The summed E-state index contributed by atoms with van der Waals surface area (Å²) < 4.78 is 44.5. The number of halogens is 3. The number of thioether (sulfide) groups is 1. The highest BCUT2D eigenvalue weighted by Crippen LogP contribution is 2.35. The van der Waals surface area contributed by atoms with E-state index in [1.807, 2.05) is 11.5 Å². The fourth-order valence-electron chi connectivity index (χ4n) is 1.85. The second-order valence-electron chi connectivity index (χ2n) is 4.68. The first-order chi connectivity index (χ1) is 10.4. The Kier molecular flexibility index (Phi) is 5.47. The van der Waals surface area contributed by atoms with Crippen LogP contribution in [-0.4, -0.2) is 28.5 Å². The van der Waals surface area contributed by atoms with Gasteiger partial charge in [-0.1, -0.05) is 23.9 Å². The molecule has 0 saturated carbocycles. The molecule has 1 heterocycles. The molecule has 0 radical (unpaired) electrons. The number of benzene rings is 1. The van der Waals surface area contributed by atoms with Crippen LogP contribution in [0.5, 0.6) is 0 Å². The molecule has 0 aliphatic heterocycles. The maximum absolute atomic E-state index is 12.6. The van der Waals surface area contributed by atoms with E-state index in [1.54, 1.807) is 13.4 Å². The summed E-state index contributed by atoms with van der Waals surface area (Å²) in [6.07, 6.45) is -2.70. The molecule has 1 unspecified atom stereocenters. The van der Waals surface area contributed by atoms with E-state index in [2.05, 4.69) is 10.2 Å². The molecule has 8 heteroatoms. The van der Waals surface area contributed by atoms with Gasteiger partial charge in [0, 0.05) is 18.9 Å². The van der Waals surface area contributed by atoms with E-state index in [1.165, 1.54) is 23.9 Å². The number of methoxy groups -OCH3 is 1. The standard InChI is InChI=1S/C14H16F3N3OS/c1-10(11-3-5-12(6-4-11)14(15,16)17)22-13-19-18-9-20(13)7-8-21-2/h3-6,9-10H,7-8H2,1-2H3. The van der Waals surface area contributed by atoms with Gasteiger partial charge in [0.25, 0.3) is 0 Å². The fourth-order valence-corrected chi connectivity index (χ4v) is 2.83. The average Bonchev–Trinajstić information content (AvgIpc) is 2.91. The molecule has 1 aromatic carbocycles. The fraction of sp³-hybridized carbons (Fsp3) is 0.429. The number of hydrogen-bond acceptors (Lipinski definition) is 4. The number of hydrogen-bond donors (Lipinski definition) is 0. The van der Waals surface area contributed by atoms with Crippen LogP contribution in [0.25, 0.3) is 0 Å².